The van der Waals surface area contributed by atoms with Gasteiger partial charge in [0.15, 0.2) is 5.82 Å². The number of ether oxygens (including phenoxy) is 3. The molecule has 1 unspecified atom stereocenters. The number of fused-ring (bicyclic) bond motifs is 1. The third kappa shape index (κ3) is 14.5. The normalized spacial score (nSPS) is 21.5. The van der Waals surface area contributed by atoms with E-state index in [2.05, 4.69) is 17.0 Å². The van der Waals surface area contributed by atoms with Gasteiger partial charge in [-0.1, -0.05) is 134 Å². The lowest BCUT2D eigenvalue weighted by atomic mass is 9.96. The summed E-state index contributed by atoms with van der Waals surface area (Å²) in [5, 5.41) is 35.9. The van der Waals surface area contributed by atoms with E-state index < -0.39 is 44.4 Å². The quantitative estimate of drug-likeness (QED) is 0.0402. The molecule has 6 atom stereocenters. The number of nitrogens with two attached hydrogens (primary N) is 1. The number of aliphatic hydroxyl groups is 2. The fourth-order valence-corrected chi connectivity index (χ4v) is 7.55. The summed E-state index contributed by atoms with van der Waals surface area (Å²) in [7, 11) is -4.80. The van der Waals surface area contributed by atoms with Gasteiger partial charge in [0.05, 0.1) is 25.5 Å². The number of benzene rings is 1. The molecular formula is C40H62N5O9P. The molecule has 3 heterocycles. The van der Waals surface area contributed by atoms with Crippen LogP contribution in [0.3, 0.4) is 0 Å². The van der Waals surface area contributed by atoms with Gasteiger partial charge in [0, 0.05) is 6.61 Å². The van der Waals surface area contributed by atoms with E-state index in [9.17, 15) is 24.9 Å². The summed E-state index contributed by atoms with van der Waals surface area (Å²) in [5.41, 5.74) is 5.34. The number of phosphoric ester groups is 1. The second-order valence-corrected chi connectivity index (χ2v) is 16.0. The fourth-order valence-electron chi connectivity index (χ4n) is 6.77. The molecule has 0 amide bonds. The first-order valence-electron chi connectivity index (χ1n) is 20.1. The lowest BCUT2D eigenvalue weighted by Crippen LogP contribution is -2.45. The second kappa shape index (κ2) is 24.0. The maximum atomic E-state index is 13.0. The van der Waals surface area contributed by atoms with Crippen LogP contribution in [0.25, 0.3) is 5.52 Å². The molecule has 5 N–H and O–H groups in total. The topological polar surface area (TPSA) is 204 Å². The van der Waals surface area contributed by atoms with Crippen molar-refractivity contribution in [2.75, 3.05) is 32.2 Å². The Kier molecular flexibility index (Phi) is 19.5. The monoisotopic (exact) mass is 787 g/mol. The van der Waals surface area contributed by atoms with Crippen LogP contribution in [-0.2, 0) is 34.4 Å². The largest absolute Gasteiger partial charge is 0.472 e. The molecule has 2 aromatic heterocycles. The van der Waals surface area contributed by atoms with Gasteiger partial charge in [0.1, 0.15) is 48.9 Å². The SMILES string of the molecule is CCCCCCCCCCCCCCCCCCOC[C@H](COP(=O)(O)OC[C@@]1(C#N)O[C@@H](c2ccc3c(N)ncnn23)[C@H](O)[C@@H]1O)OCc1ccccc1. The predicted molar refractivity (Wildman–Crippen MR) is 209 cm³/mol. The molecule has 14 nitrogen and oxygen atoms in total. The number of hydrogen-bond donors (Lipinski definition) is 4. The first kappa shape index (κ1) is 44.8. The zero-order valence-electron chi connectivity index (χ0n) is 32.4. The van der Waals surface area contributed by atoms with E-state index in [1.54, 1.807) is 18.2 Å². The van der Waals surface area contributed by atoms with Crippen molar-refractivity contribution >= 4 is 19.2 Å². The number of hydrogen-bond acceptors (Lipinski definition) is 12. The minimum absolute atomic E-state index is 0.128. The first-order valence-corrected chi connectivity index (χ1v) is 21.6. The van der Waals surface area contributed by atoms with E-state index in [4.69, 9.17) is 29.0 Å². The van der Waals surface area contributed by atoms with Crippen molar-refractivity contribution in [3.8, 4) is 6.07 Å². The highest BCUT2D eigenvalue weighted by Gasteiger charge is 2.57. The molecule has 0 spiro atoms. The predicted octanol–water partition coefficient (Wildman–Crippen LogP) is 7.36. The van der Waals surface area contributed by atoms with Crippen molar-refractivity contribution in [3.63, 3.8) is 0 Å². The van der Waals surface area contributed by atoms with Crippen LogP contribution >= 0.6 is 7.82 Å². The molecule has 306 valence electrons. The van der Waals surface area contributed by atoms with Crippen LogP contribution in [0.5, 0.6) is 0 Å². The van der Waals surface area contributed by atoms with Crippen LogP contribution in [0.1, 0.15) is 127 Å². The maximum absolute atomic E-state index is 13.0. The summed E-state index contributed by atoms with van der Waals surface area (Å²) < 4.78 is 42.6. The van der Waals surface area contributed by atoms with E-state index in [0.29, 0.717) is 12.1 Å². The Balaban J connectivity index is 1.16. The van der Waals surface area contributed by atoms with Gasteiger partial charge < -0.3 is 35.1 Å². The number of phosphoric acid groups is 1. The van der Waals surface area contributed by atoms with Gasteiger partial charge in [-0.2, -0.15) is 10.4 Å². The number of nitriles is 1. The second-order valence-electron chi connectivity index (χ2n) is 14.5. The van der Waals surface area contributed by atoms with Crippen LogP contribution < -0.4 is 5.73 Å². The van der Waals surface area contributed by atoms with E-state index in [1.807, 2.05) is 30.3 Å². The number of unbranched alkanes of at least 4 members (excludes halogenated alkanes) is 15. The molecular weight excluding hydrogens is 725 g/mol. The van der Waals surface area contributed by atoms with Gasteiger partial charge in [-0.3, -0.25) is 9.05 Å². The molecule has 0 saturated carbocycles. The number of aromatic nitrogens is 3. The highest BCUT2D eigenvalue weighted by molar-refractivity contribution is 7.47. The maximum Gasteiger partial charge on any atom is 0.472 e. The van der Waals surface area contributed by atoms with Gasteiger partial charge in [0.2, 0.25) is 5.60 Å². The van der Waals surface area contributed by atoms with E-state index in [-0.39, 0.29) is 31.3 Å². The lowest BCUT2D eigenvalue weighted by molar-refractivity contribution is -0.0790. The van der Waals surface area contributed by atoms with E-state index in [1.165, 1.54) is 94.3 Å². The summed E-state index contributed by atoms with van der Waals surface area (Å²) in [5.74, 6) is 0.180. The summed E-state index contributed by atoms with van der Waals surface area (Å²) in [6, 6.07) is 14.5. The summed E-state index contributed by atoms with van der Waals surface area (Å²) >= 11 is 0. The molecule has 15 heteroatoms. The van der Waals surface area contributed by atoms with Crippen LogP contribution in [0, 0.1) is 11.3 Å². The standard InChI is InChI=1S/C40H62N5O9P/c1-2-3-4-5-6-7-8-9-10-11-12-13-14-15-16-20-25-50-27-33(51-26-32-21-18-17-19-22-32)28-52-55(48,49)53-30-40(29-41)38(47)36(46)37(54-40)34-23-24-35-39(42)43-31-44-45(34)35/h17-19,21-24,31,33,36-38,46-47H,2-16,20,25-28,30H2,1H3,(H,48,49)(H2,42,43,44)/t33-,36+,37+,38+,40-/m1/s1. The molecule has 4 rings (SSSR count). The van der Waals surface area contributed by atoms with Gasteiger partial charge in [0.25, 0.3) is 0 Å². The zero-order valence-corrected chi connectivity index (χ0v) is 33.3. The Bertz CT molecular complexity index is 1610. The third-order valence-corrected chi connectivity index (χ3v) is 11.0. The van der Waals surface area contributed by atoms with Crippen LogP contribution in [0.4, 0.5) is 5.82 Å². The summed E-state index contributed by atoms with van der Waals surface area (Å²) in [6.07, 6.45) is 16.5. The summed E-state index contributed by atoms with van der Waals surface area (Å²) in [4.78, 5) is 14.5. The fraction of sp³-hybridized carbons (Fsp3) is 0.675. The molecule has 0 radical (unpaired) electrons. The van der Waals surface area contributed by atoms with Gasteiger partial charge >= 0.3 is 7.82 Å². The summed E-state index contributed by atoms with van der Waals surface area (Å²) in [6.45, 7) is 1.92. The average molecular weight is 788 g/mol. The molecule has 1 aliphatic rings. The Morgan fingerprint density at radius 2 is 1.53 bits per heavy atom. The Labute approximate surface area is 325 Å². The number of nitrogen functional groups attached to an aromatic ring is 1. The minimum atomic E-state index is -4.80. The van der Waals surface area contributed by atoms with Crippen molar-refractivity contribution < 1.29 is 42.9 Å². The van der Waals surface area contributed by atoms with Crippen molar-refractivity contribution in [3.05, 3.63) is 60.0 Å². The molecule has 1 aliphatic heterocycles. The van der Waals surface area contributed by atoms with Crippen LogP contribution in [0.2, 0.25) is 0 Å². The molecule has 3 aromatic rings. The highest BCUT2D eigenvalue weighted by Crippen LogP contribution is 2.47. The highest BCUT2D eigenvalue weighted by atomic mass is 31.2. The number of aliphatic hydroxyl groups excluding tert-OH is 2. The van der Waals surface area contributed by atoms with E-state index >= 15 is 0 Å². The Morgan fingerprint density at radius 1 is 0.909 bits per heavy atom. The third-order valence-electron chi connectivity index (χ3n) is 10.1. The van der Waals surface area contributed by atoms with Crippen molar-refractivity contribution in [2.24, 2.45) is 0 Å². The van der Waals surface area contributed by atoms with Crippen molar-refractivity contribution in [2.45, 2.75) is 146 Å². The Morgan fingerprint density at radius 3 is 2.15 bits per heavy atom. The van der Waals surface area contributed by atoms with Crippen LogP contribution in [0.15, 0.2) is 48.8 Å². The minimum Gasteiger partial charge on any atom is -0.387 e. The van der Waals surface area contributed by atoms with Crippen molar-refractivity contribution in [1.82, 2.24) is 14.6 Å². The van der Waals surface area contributed by atoms with Crippen molar-refractivity contribution in [1.29, 1.82) is 5.26 Å². The molecule has 1 saturated heterocycles. The smallest absolute Gasteiger partial charge is 0.387 e. The first-order chi connectivity index (χ1) is 26.7. The number of rotatable bonds is 29. The van der Waals surface area contributed by atoms with Gasteiger partial charge in [-0.25, -0.2) is 14.1 Å². The van der Waals surface area contributed by atoms with E-state index in [0.717, 1.165) is 24.8 Å². The van der Waals surface area contributed by atoms with Gasteiger partial charge in [-0.05, 0) is 24.1 Å². The Hall–Kier alpha value is -2.96. The molecule has 0 bridgehead atoms. The van der Waals surface area contributed by atoms with Crippen LogP contribution in [-0.4, -0.2) is 80.0 Å². The molecule has 1 aromatic carbocycles. The average Bonchev–Trinajstić information content (AvgIpc) is 3.73. The van der Waals surface area contributed by atoms with Gasteiger partial charge in [-0.15, -0.1) is 0 Å². The number of anilines is 1. The molecule has 55 heavy (non-hydrogen) atoms. The lowest BCUT2D eigenvalue weighted by Gasteiger charge is -2.26. The zero-order chi connectivity index (χ0) is 39.4. The number of nitrogens with zero attached hydrogens (tertiary/aromatic N) is 4. The molecule has 1 fully saturated rings. The molecule has 0 aliphatic carbocycles.